The maximum Gasteiger partial charge on any atom is 0.129 e. The topological polar surface area (TPSA) is 24.9 Å². The molecular formula is C14H16BrClN2. The van der Waals surface area contributed by atoms with E-state index in [1.54, 1.807) is 0 Å². The Bertz CT molecular complexity index is 569. The van der Waals surface area contributed by atoms with Crippen molar-refractivity contribution in [2.75, 3.05) is 11.9 Å². The maximum absolute atomic E-state index is 6.24. The molecule has 0 bridgehead atoms. The summed E-state index contributed by atoms with van der Waals surface area (Å²) in [6.07, 6.45) is 2.04. The van der Waals surface area contributed by atoms with Crippen molar-refractivity contribution in [3.63, 3.8) is 0 Å². The highest BCUT2D eigenvalue weighted by atomic mass is 79.9. The van der Waals surface area contributed by atoms with Crippen molar-refractivity contribution in [3.8, 4) is 0 Å². The number of anilines is 1. The number of rotatable bonds is 4. The number of aryl methyl sites for hydroxylation is 1. The Morgan fingerprint density at radius 2 is 2.06 bits per heavy atom. The highest BCUT2D eigenvalue weighted by molar-refractivity contribution is 9.10. The van der Waals surface area contributed by atoms with Gasteiger partial charge in [0.1, 0.15) is 5.82 Å². The van der Waals surface area contributed by atoms with Gasteiger partial charge in [0.25, 0.3) is 0 Å². The van der Waals surface area contributed by atoms with E-state index in [-0.39, 0.29) is 0 Å². The molecule has 0 amide bonds. The summed E-state index contributed by atoms with van der Waals surface area (Å²) in [6.45, 7) is 5.21. The molecule has 4 heteroatoms. The zero-order valence-corrected chi connectivity index (χ0v) is 12.9. The summed E-state index contributed by atoms with van der Waals surface area (Å²) in [7, 11) is 0. The van der Waals surface area contributed by atoms with Crippen LogP contribution in [0.4, 0.5) is 5.82 Å². The zero-order chi connectivity index (χ0) is 13.1. The number of hydrogen-bond donors (Lipinski definition) is 1. The van der Waals surface area contributed by atoms with Crippen molar-refractivity contribution in [1.82, 2.24) is 4.98 Å². The average Bonchev–Trinajstić information content (AvgIpc) is 2.35. The molecule has 0 spiro atoms. The molecule has 0 fully saturated rings. The minimum atomic E-state index is 0.682. The molecule has 18 heavy (non-hydrogen) atoms. The van der Waals surface area contributed by atoms with Gasteiger partial charge in [0.2, 0.25) is 0 Å². The third kappa shape index (κ3) is 2.78. The first-order chi connectivity index (χ1) is 8.65. The SMILES string of the molecule is CCCNc1nc2c(Cl)cc(Br)cc2cc1CC. The van der Waals surface area contributed by atoms with Crippen LogP contribution in [-0.2, 0) is 6.42 Å². The van der Waals surface area contributed by atoms with E-state index >= 15 is 0 Å². The van der Waals surface area contributed by atoms with Gasteiger partial charge in [-0.2, -0.15) is 0 Å². The number of nitrogens with zero attached hydrogens (tertiary/aromatic N) is 1. The highest BCUT2D eigenvalue weighted by Crippen LogP contribution is 2.30. The van der Waals surface area contributed by atoms with Crippen molar-refractivity contribution in [2.24, 2.45) is 0 Å². The Kier molecular flexibility index (Phi) is 4.46. The summed E-state index contributed by atoms with van der Waals surface area (Å²) in [6, 6.07) is 6.10. The summed E-state index contributed by atoms with van der Waals surface area (Å²) >= 11 is 9.71. The minimum absolute atomic E-state index is 0.682. The summed E-state index contributed by atoms with van der Waals surface area (Å²) in [5, 5.41) is 5.13. The van der Waals surface area contributed by atoms with E-state index in [0.29, 0.717) is 5.02 Å². The van der Waals surface area contributed by atoms with Crippen molar-refractivity contribution in [2.45, 2.75) is 26.7 Å². The van der Waals surface area contributed by atoms with Crippen molar-refractivity contribution in [3.05, 3.63) is 33.3 Å². The predicted octanol–water partition coefficient (Wildman–Crippen LogP) is 5.04. The quantitative estimate of drug-likeness (QED) is 0.851. The molecule has 1 heterocycles. The van der Waals surface area contributed by atoms with E-state index in [2.05, 4.69) is 52.2 Å². The van der Waals surface area contributed by atoms with Gasteiger partial charge in [-0.3, -0.25) is 0 Å². The second kappa shape index (κ2) is 5.89. The second-order valence-corrected chi connectivity index (χ2v) is 5.56. The molecule has 0 radical (unpaired) electrons. The van der Waals surface area contributed by atoms with Crippen molar-refractivity contribution >= 4 is 44.3 Å². The van der Waals surface area contributed by atoms with Crippen LogP contribution in [0.2, 0.25) is 5.02 Å². The monoisotopic (exact) mass is 326 g/mol. The number of halogens is 2. The molecule has 96 valence electrons. The lowest BCUT2D eigenvalue weighted by atomic mass is 10.1. The van der Waals surface area contributed by atoms with Gasteiger partial charge in [-0.15, -0.1) is 0 Å². The van der Waals surface area contributed by atoms with Crippen LogP contribution in [0.1, 0.15) is 25.8 Å². The van der Waals surface area contributed by atoms with Crippen LogP contribution in [0.25, 0.3) is 10.9 Å². The third-order valence-corrected chi connectivity index (χ3v) is 3.58. The average molecular weight is 328 g/mol. The molecule has 0 atom stereocenters. The van der Waals surface area contributed by atoms with Gasteiger partial charge in [0, 0.05) is 16.4 Å². The van der Waals surface area contributed by atoms with Crippen LogP contribution in [0.3, 0.4) is 0 Å². The molecule has 2 aromatic rings. The van der Waals surface area contributed by atoms with Crippen molar-refractivity contribution < 1.29 is 0 Å². The lowest BCUT2D eigenvalue weighted by Gasteiger charge is -2.12. The van der Waals surface area contributed by atoms with Gasteiger partial charge in [-0.1, -0.05) is 41.4 Å². The van der Waals surface area contributed by atoms with Crippen molar-refractivity contribution in [1.29, 1.82) is 0 Å². The highest BCUT2D eigenvalue weighted by Gasteiger charge is 2.08. The van der Waals surface area contributed by atoms with Gasteiger partial charge < -0.3 is 5.32 Å². The molecule has 1 aromatic heterocycles. The Balaban J connectivity index is 2.57. The Morgan fingerprint density at radius 3 is 2.72 bits per heavy atom. The summed E-state index contributed by atoms with van der Waals surface area (Å²) in [4.78, 5) is 4.66. The third-order valence-electron chi connectivity index (χ3n) is 2.84. The molecule has 0 aliphatic heterocycles. The largest absolute Gasteiger partial charge is 0.370 e. The van der Waals surface area contributed by atoms with E-state index in [0.717, 1.165) is 40.6 Å². The number of pyridine rings is 1. The molecular weight excluding hydrogens is 312 g/mol. The fourth-order valence-electron chi connectivity index (χ4n) is 1.92. The van der Waals surface area contributed by atoms with E-state index in [9.17, 15) is 0 Å². The lowest BCUT2D eigenvalue weighted by molar-refractivity contribution is 0.962. The minimum Gasteiger partial charge on any atom is -0.370 e. The number of nitrogens with one attached hydrogen (secondary N) is 1. The molecule has 0 unspecified atom stereocenters. The van der Waals surface area contributed by atoms with Crippen LogP contribution in [0.15, 0.2) is 22.7 Å². The Hall–Kier alpha value is -0.800. The van der Waals surface area contributed by atoms with E-state index in [1.165, 1.54) is 5.56 Å². The molecule has 0 aliphatic rings. The standard InChI is InChI=1S/C14H16BrClN2/c1-3-5-17-14-9(4-2)6-10-7-11(15)8-12(16)13(10)18-14/h6-8H,3-5H2,1-2H3,(H,17,18). The fraction of sp³-hybridized carbons (Fsp3) is 0.357. The number of hydrogen-bond acceptors (Lipinski definition) is 2. The van der Waals surface area contributed by atoms with Gasteiger partial charge in [-0.05, 0) is 36.6 Å². The molecule has 0 saturated heterocycles. The van der Waals surface area contributed by atoms with E-state index in [1.807, 2.05) is 6.07 Å². The van der Waals surface area contributed by atoms with Gasteiger partial charge in [0.15, 0.2) is 0 Å². The molecule has 0 aliphatic carbocycles. The lowest BCUT2D eigenvalue weighted by Crippen LogP contribution is -2.05. The number of fused-ring (bicyclic) bond motifs is 1. The van der Waals surface area contributed by atoms with Crippen LogP contribution >= 0.6 is 27.5 Å². The van der Waals surface area contributed by atoms with Gasteiger partial charge >= 0.3 is 0 Å². The van der Waals surface area contributed by atoms with Gasteiger partial charge in [-0.25, -0.2) is 4.98 Å². The summed E-state index contributed by atoms with van der Waals surface area (Å²) < 4.78 is 0.984. The Morgan fingerprint density at radius 1 is 1.28 bits per heavy atom. The maximum atomic E-state index is 6.24. The normalized spacial score (nSPS) is 10.9. The summed E-state index contributed by atoms with van der Waals surface area (Å²) in [5.74, 6) is 0.955. The first-order valence-corrected chi connectivity index (χ1v) is 7.35. The molecule has 2 rings (SSSR count). The second-order valence-electron chi connectivity index (χ2n) is 4.24. The zero-order valence-electron chi connectivity index (χ0n) is 10.6. The Labute approximate surface area is 121 Å². The summed E-state index contributed by atoms with van der Waals surface area (Å²) in [5.41, 5.74) is 2.08. The molecule has 2 nitrogen and oxygen atoms in total. The van der Waals surface area contributed by atoms with Gasteiger partial charge in [0.05, 0.1) is 10.5 Å². The molecule has 1 N–H and O–H groups in total. The van der Waals surface area contributed by atoms with Crippen LogP contribution in [0.5, 0.6) is 0 Å². The first-order valence-electron chi connectivity index (χ1n) is 6.18. The van der Waals surface area contributed by atoms with E-state index in [4.69, 9.17) is 11.6 Å². The van der Waals surface area contributed by atoms with Crippen LogP contribution in [0, 0.1) is 0 Å². The number of benzene rings is 1. The molecule has 0 saturated carbocycles. The van der Waals surface area contributed by atoms with E-state index < -0.39 is 0 Å². The van der Waals surface area contributed by atoms with Crippen LogP contribution < -0.4 is 5.32 Å². The van der Waals surface area contributed by atoms with Crippen LogP contribution in [-0.4, -0.2) is 11.5 Å². The smallest absolute Gasteiger partial charge is 0.129 e. The fourth-order valence-corrected chi connectivity index (χ4v) is 2.80. The molecule has 1 aromatic carbocycles. The number of aromatic nitrogens is 1. The first kappa shape index (κ1) is 13.6. The predicted molar refractivity (Wildman–Crippen MR) is 82.6 cm³/mol.